The van der Waals surface area contributed by atoms with Crippen LogP contribution in [0.4, 0.5) is 0 Å². The van der Waals surface area contributed by atoms with Gasteiger partial charge in [-0.25, -0.2) is 4.98 Å². The zero-order valence-corrected chi connectivity index (χ0v) is 12.7. The summed E-state index contributed by atoms with van der Waals surface area (Å²) in [5, 5.41) is 13.3. The average Bonchev–Trinajstić information content (AvgIpc) is 3.23. The number of aromatic nitrogens is 1. The molecule has 0 saturated heterocycles. The molecule has 2 N–H and O–H groups in total. The lowest BCUT2D eigenvalue weighted by molar-refractivity contribution is 0.0527. The van der Waals surface area contributed by atoms with E-state index in [4.69, 9.17) is 0 Å². The number of thiazole rings is 1. The van der Waals surface area contributed by atoms with Crippen LogP contribution in [0.15, 0.2) is 35.8 Å². The number of benzene rings is 1. The second kappa shape index (κ2) is 5.58. The van der Waals surface area contributed by atoms with Crippen LogP contribution in [0, 0.1) is 0 Å². The highest BCUT2D eigenvalue weighted by Crippen LogP contribution is 2.41. The molecule has 110 valence electrons. The van der Waals surface area contributed by atoms with Gasteiger partial charge in [-0.05, 0) is 25.3 Å². The number of nitrogens with one attached hydrogen (secondary N) is 1. The number of carbonyl (C=O) groups is 1. The Morgan fingerprint density at radius 1 is 1.43 bits per heavy atom. The van der Waals surface area contributed by atoms with E-state index in [-0.39, 0.29) is 12.5 Å². The summed E-state index contributed by atoms with van der Waals surface area (Å²) in [6, 6.07) is 9.36. The van der Waals surface area contributed by atoms with Crippen molar-refractivity contribution < 1.29 is 9.90 Å². The minimum Gasteiger partial charge on any atom is -0.384 e. The van der Waals surface area contributed by atoms with Gasteiger partial charge in [-0.3, -0.25) is 4.79 Å². The van der Waals surface area contributed by atoms with E-state index < -0.39 is 5.60 Å². The van der Waals surface area contributed by atoms with Gasteiger partial charge in [0.2, 0.25) is 0 Å². The van der Waals surface area contributed by atoms with Gasteiger partial charge in [0.1, 0.15) is 10.5 Å². The number of hydrogen-bond donors (Lipinski definition) is 2. The van der Waals surface area contributed by atoms with Crippen LogP contribution in [0.5, 0.6) is 0 Å². The molecule has 1 aliphatic rings. The molecule has 5 heteroatoms. The van der Waals surface area contributed by atoms with Crippen molar-refractivity contribution in [2.75, 3.05) is 6.54 Å². The number of nitrogens with zero attached hydrogens (tertiary/aromatic N) is 1. The predicted octanol–water partition coefficient (Wildman–Crippen LogP) is 2.66. The molecule has 1 heterocycles. The van der Waals surface area contributed by atoms with Crippen LogP contribution in [0.25, 0.3) is 0 Å². The predicted molar refractivity (Wildman–Crippen MR) is 82.4 cm³/mol. The molecular weight excluding hydrogens is 284 g/mol. The van der Waals surface area contributed by atoms with Crippen LogP contribution in [-0.4, -0.2) is 22.5 Å². The molecular formula is C16H18N2O2S. The summed E-state index contributed by atoms with van der Waals surface area (Å²) in [5.41, 5.74) is 2.34. The molecule has 0 aliphatic heterocycles. The van der Waals surface area contributed by atoms with Crippen molar-refractivity contribution in [2.45, 2.75) is 31.3 Å². The first-order valence-corrected chi connectivity index (χ1v) is 7.95. The van der Waals surface area contributed by atoms with Crippen molar-refractivity contribution in [3.05, 3.63) is 52.0 Å². The Morgan fingerprint density at radius 2 is 2.14 bits per heavy atom. The minimum absolute atomic E-state index is 0.143. The zero-order chi connectivity index (χ0) is 14.9. The maximum Gasteiger partial charge on any atom is 0.263 e. The highest BCUT2D eigenvalue weighted by molar-refractivity contribution is 7.11. The van der Waals surface area contributed by atoms with Crippen molar-refractivity contribution in [1.82, 2.24) is 10.3 Å². The molecule has 1 aromatic heterocycles. The summed E-state index contributed by atoms with van der Waals surface area (Å²) in [4.78, 5) is 17.3. The van der Waals surface area contributed by atoms with E-state index in [0.29, 0.717) is 10.8 Å². The summed E-state index contributed by atoms with van der Waals surface area (Å²) in [6.45, 7) is 1.88. The first-order chi connectivity index (χ1) is 10.1. The van der Waals surface area contributed by atoms with Crippen LogP contribution in [0.1, 0.15) is 46.6 Å². The second-order valence-electron chi connectivity index (χ2n) is 5.66. The fourth-order valence-electron chi connectivity index (χ4n) is 2.30. The summed E-state index contributed by atoms with van der Waals surface area (Å²) in [6.07, 6.45) is 2.23. The SMILES string of the molecule is CC(O)(CNC(=O)c1scnc1C1CC1)c1ccccc1. The molecule has 0 radical (unpaired) electrons. The number of rotatable bonds is 5. The topological polar surface area (TPSA) is 62.2 Å². The Kier molecular flexibility index (Phi) is 3.78. The first kappa shape index (κ1) is 14.2. The van der Waals surface area contributed by atoms with Crippen LogP contribution in [0.2, 0.25) is 0 Å². The molecule has 1 saturated carbocycles. The molecule has 3 rings (SSSR count). The van der Waals surface area contributed by atoms with Gasteiger partial charge in [0.05, 0.1) is 17.7 Å². The molecule has 1 fully saturated rings. The standard InChI is InChI=1S/C16H18N2O2S/c1-16(20,12-5-3-2-4-6-12)9-17-15(19)14-13(11-7-8-11)18-10-21-14/h2-6,10-11,20H,7-9H2,1H3,(H,17,19). The van der Waals surface area contributed by atoms with Crippen molar-refractivity contribution in [1.29, 1.82) is 0 Å². The lowest BCUT2D eigenvalue weighted by atomic mass is 9.96. The first-order valence-electron chi connectivity index (χ1n) is 7.07. The molecule has 21 heavy (non-hydrogen) atoms. The van der Waals surface area contributed by atoms with Crippen LogP contribution < -0.4 is 5.32 Å². The van der Waals surface area contributed by atoms with Gasteiger partial charge in [-0.1, -0.05) is 30.3 Å². The third-order valence-corrected chi connectivity index (χ3v) is 4.60. The third kappa shape index (κ3) is 3.14. The fraction of sp³-hybridized carbons (Fsp3) is 0.375. The van der Waals surface area contributed by atoms with Crippen molar-refractivity contribution >= 4 is 17.2 Å². The van der Waals surface area contributed by atoms with E-state index in [1.54, 1.807) is 12.4 Å². The highest BCUT2D eigenvalue weighted by Gasteiger charge is 2.31. The van der Waals surface area contributed by atoms with Gasteiger partial charge in [-0.15, -0.1) is 11.3 Å². The largest absolute Gasteiger partial charge is 0.384 e. The normalized spacial score (nSPS) is 17.2. The Hall–Kier alpha value is -1.72. The molecule has 1 amide bonds. The summed E-state index contributed by atoms with van der Waals surface area (Å²) >= 11 is 1.37. The number of amides is 1. The fourth-order valence-corrected chi connectivity index (χ4v) is 3.10. The quantitative estimate of drug-likeness (QED) is 0.892. The Labute approximate surface area is 127 Å². The summed E-state index contributed by atoms with van der Waals surface area (Å²) < 4.78 is 0. The Bertz CT molecular complexity index is 633. The van der Waals surface area contributed by atoms with E-state index in [1.807, 2.05) is 30.3 Å². The van der Waals surface area contributed by atoms with E-state index >= 15 is 0 Å². The average molecular weight is 302 g/mol. The van der Waals surface area contributed by atoms with Crippen molar-refractivity contribution in [2.24, 2.45) is 0 Å². The number of aliphatic hydroxyl groups is 1. The maximum atomic E-state index is 12.3. The third-order valence-electron chi connectivity index (χ3n) is 3.75. The molecule has 2 aromatic rings. The molecule has 1 atom stereocenters. The number of carbonyl (C=O) groups excluding carboxylic acids is 1. The molecule has 1 aromatic carbocycles. The van der Waals surface area contributed by atoms with Crippen molar-refractivity contribution in [3.63, 3.8) is 0 Å². The summed E-state index contributed by atoms with van der Waals surface area (Å²) in [5.74, 6) is 0.308. The smallest absolute Gasteiger partial charge is 0.263 e. The molecule has 0 bridgehead atoms. The zero-order valence-electron chi connectivity index (χ0n) is 11.9. The van der Waals surface area contributed by atoms with Gasteiger partial charge in [-0.2, -0.15) is 0 Å². The monoisotopic (exact) mass is 302 g/mol. The minimum atomic E-state index is -1.08. The lowest BCUT2D eigenvalue weighted by Crippen LogP contribution is -2.38. The van der Waals surface area contributed by atoms with Gasteiger partial charge in [0.15, 0.2) is 0 Å². The van der Waals surface area contributed by atoms with E-state index in [0.717, 1.165) is 24.1 Å². The second-order valence-corrected chi connectivity index (χ2v) is 6.52. The van der Waals surface area contributed by atoms with Crippen molar-refractivity contribution in [3.8, 4) is 0 Å². The highest BCUT2D eigenvalue weighted by atomic mass is 32.1. The van der Waals surface area contributed by atoms with Gasteiger partial charge in [0.25, 0.3) is 5.91 Å². The molecule has 4 nitrogen and oxygen atoms in total. The Morgan fingerprint density at radius 3 is 2.81 bits per heavy atom. The molecule has 0 spiro atoms. The molecule has 1 unspecified atom stereocenters. The van der Waals surface area contributed by atoms with E-state index in [2.05, 4.69) is 10.3 Å². The molecule has 1 aliphatic carbocycles. The summed E-state index contributed by atoms with van der Waals surface area (Å²) in [7, 11) is 0. The van der Waals surface area contributed by atoms with Crippen LogP contribution in [-0.2, 0) is 5.60 Å². The van der Waals surface area contributed by atoms with Crippen LogP contribution in [0.3, 0.4) is 0 Å². The number of hydrogen-bond acceptors (Lipinski definition) is 4. The van der Waals surface area contributed by atoms with E-state index in [9.17, 15) is 9.90 Å². The van der Waals surface area contributed by atoms with Gasteiger partial charge in [0, 0.05) is 5.92 Å². The lowest BCUT2D eigenvalue weighted by Gasteiger charge is -2.24. The Balaban J connectivity index is 1.67. The van der Waals surface area contributed by atoms with E-state index in [1.165, 1.54) is 11.3 Å². The van der Waals surface area contributed by atoms with Gasteiger partial charge < -0.3 is 10.4 Å². The van der Waals surface area contributed by atoms with Crippen LogP contribution >= 0.6 is 11.3 Å². The van der Waals surface area contributed by atoms with Gasteiger partial charge >= 0.3 is 0 Å². The maximum absolute atomic E-state index is 12.3.